The van der Waals surface area contributed by atoms with E-state index in [4.69, 9.17) is 11.6 Å². The number of rotatable bonds is 6. The smallest absolute Gasteiger partial charge is 0.0408 e. The number of benzene rings is 1. The van der Waals surface area contributed by atoms with Crippen molar-refractivity contribution in [2.45, 2.75) is 18.3 Å². The summed E-state index contributed by atoms with van der Waals surface area (Å²) in [5, 5.41) is 4.80. The average molecular weight is 423 g/mol. The van der Waals surface area contributed by atoms with Gasteiger partial charge in [-0.1, -0.05) is 61.7 Å². The highest BCUT2D eigenvalue weighted by atomic mass is 79.9. The van der Waals surface area contributed by atoms with Gasteiger partial charge >= 0.3 is 0 Å². The van der Waals surface area contributed by atoms with Crippen LogP contribution in [0.3, 0.4) is 0 Å². The van der Waals surface area contributed by atoms with Gasteiger partial charge in [-0.3, -0.25) is 0 Å². The van der Waals surface area contributed by atoms with Gasteiger partial charge in [-0.05, 0) is 42.0 Å². The standard InChI is InChI=1S/C15H15Br2ClS/c16-10-15(11-17,7-6-14-5-2-8-19-14)12-3-1-4-13(18)9-12/h1-5,8-9H,6-7,10-11H2. The molecule has 4 heteroatoms. The van der Waals surface area contributed by atoms with E-state index in [0.717, 1.165) is 28.5 Å². The van der Waals surface area contributed by atoms with Crippen LogP contribution in [0.1, 0.15) is 16.9 Å². The van der Waals surface area contributed by atoms with Gasteiger partial charge in [-0.2, -0.15) is 0 Å². The predicted molar refractivity (Wildman–Crippen MR) is 93.4 cm³/mol. The maximum atomic E-state index is 6.14. The van der Waals surface area contributed by atoms with Gasteiger partial charge in [-0.25, -0.2) is 0 Å². The molecule has 1 heterocycles. The summed E-state index contributed by atoms with van der Waals surface area (Å²) < 4.78 is 0. The van der Waals surface area contributed by atoms with Crippen LogP contribution in [0, 0.1) is 0 Å². The number of thiophene rings is 1. The average Bonchev–Trinajstić information content (AvgIpc) is 2.94. The van der Waals surface area contributed by atoms with E-state index < -0.39 is 0 Å². The Bertz CT molecular complexity index is 507. The van der Waals surface area contributed by atoms with Crippen LogP contribution in [-0.2, 0) is 11.8 Å². The van der Waals surface area contributed by atoms with Crippen molar-refractivity contribution in [3.05, 3.63) is 57.2 Å². The lowest BCUT2D eigenvalue weighted by Crippen LogP contribution is -2.30. The first-order valence-corrected chi connectivity index (χ1v) is 9.60. The molecule has 102 valence electrons. The summed E-state index contributed by atoms with van der Waals surface area (Å²) >= 11 is 15.3. The third kappa shape index (κ3) is 3.84. The van der Waals surface area contributed by atoms with E-state index in [9.17, 15) is 0 Å². The molecular weight excluding hydrogens is 407 g/mol. The van der Waals surface area contributed by atoms with Crippen molar-refractivity contribution < 1.29 is 0 Å². The molecular formula is C15H15Br2ClS. The van der Waals surface area contributed by atoms with Crippen molar-refractivity contribution in [2.24, 2.45) is 0 Å². The first-order valence-electron chi connectivity index (χ1n) is 6.10. The molecule has 0 N–H and O–H groups in total. The molecule has 0 nitrogen and oxygen atoms in total. The monoisotopic (exact) mass is 420 g/mol. The van der Waals surface area contributed by atoms with E-state index in [0.29, 0.717) is 0 Å². The summed E-state index contributed by atoms with van der Waals surface area (Å²) in [5.41, 5.74) is 1.39. The fourth-order valence-electron chi connectivity index (χ4n) is 2.10. The number of hydrogen-bond acceptors (Lipinski definition) is 1. The summed E-state index contributed by atoms with van der Waals surface area (Å²) in [6.45, 7) is 0. The van der Waals surface area contributed by atoms with Crippen molar-refractivity contribution in [1.82, 2.24) is 0 Å². The zero-order chi connectivity index (χ0) is 13.7. The first-order chi connectivity index (χ1) is 9.20. The van der Waals surface area contributed by atoms with Gasteiger partial charge in [0.05, 0.1) is 0 Å². The van der Waals surface area contributed by atoms with E-state index >= 15 is 0 Å². The van der Waals surface area contributed by atoms with Gasteiger partial charge < -0.3 is 0 Å². The van der Waals surface area contributed by atoms with Crippen LogP contribution in [-0.4, -0.2) is 10.7 Å². The molecule has 0 unspecified atom stereocenters. The lowest BCUT2D eigenvalue weighted by Gasteiger charge is -2.31. The van der Waals surface area contributed by atoms with Gasteiger partial charge in [0.15, 0.2) is 0 Å². The molecule has 2 aromatic rings. The second-order valence-corrected chi connectivity index (χ2v) is 7.23. The summed E-state index contributed by atoms with van der Waals surface area (Å²) in [7, 11) is 0. The molecule has 0 fully saturated rings. The normalized spacial score (nSPS) is 11.7. The van der Waals surface area contributed by atoms with E-state index in [2.05, 4.69) is 61.5 Å². The van der Waals surface area contributed by atoms with Gasteiger partial charge in [-0.15, -0.1) is 11.3 Å². The fraction of sp³-hybridized carbons (Fsp3) is 0.333. The lowest BCUT2D eigenvalue weighted by molar-refractivity contribution is 0.507. The third-order valence-corrected chi connectivity index (χ3v) is 6.70. The van der Waals surface area contributed by atoms with Crippen molar-refractivity contribution in [3.63, 3.8) is 0 Å². The molecule has 0 saturated heterocycles. The van der Waals surface area contributed by atoms with E-state index in [-0.39, 0.29) is 5.41 Å². The van der Waals surface area contributed by atoms with E-state index in [1.54, 1.807) is 0 Å². The van der Waals surface area contributed by atoms with Crippen molar-refractivity contribution in [1.29, 1.82) is 0 Å². The SMILES string of the molecule is Clc1cccc(C(CBr)(CBr)CCc2cccs2)c1. The number of hydrogen-bond donors (Lipinski definition) is 0. The molecule has 0 radical (unpaired) electrons. The Balaban J connectivity index is 2.21. The van der Waals surface area contributed by atoms with Crippen molar-refractivity contribution in [2.75, 3.05) is 10.7 Å². The zero-order valence-electron chi connectivity index (χ0n) is 10.4. The van der Waals surface area contributed by atoms with E-state index in [1.165, 1.54) is 10.4 Å². The topological polar surface area (TPSA) is 0 Å². The first kappa shape index (κ1) is 15.6. The summed E-state index contributed by atoms with van der Waals surface area (Å²) in [4.78, 5) is 1.44. The van der Waals surface area contributed by atoms with E-state index in [1.807, 2.05) is 23.5 Å². The molecule has 19 heavy (non-hydrogen) atoms. The third-order valence-electron chi connectivity index (χ3n) is 3.38. The van der Waals surface area contributed by atoms with Crippen molar-refractivity contribution in [3.8, 4) is 0 Å². The van der Waals surface area contributed by atoms with Crippen LogP contribution >= 0.6 is 54.8 Å². The highest BCUT2D eigenvalue weighted by Gasteiger charge is 2.30. The molecule has 0 aliphatic heterocycles. The van der Waals surface area contributed by atoms with Gasteiger partial charge in [0.2, 0.25) is 0 Å². The second-order valence-electron chi connectivity index (χ2n) is 4.64. The van der Waals surface area contributed by atoms with Crippen LogP contribution in [0.5, 0.6) is 0 Å². The Kier molecular flexibility index (Phi) is 5.94. The van der Waals surface area contributed by atoms with Crippen LogP contribution in [0.25, 0.3) is 0 Å². The van der Waals surface area contributed by atoms with Crippen LogP contribution < -0.4 is 0 Å². The summed E-state index contributed by atoms with van der Waals surface area (Å²) in [6, 6.07) is 12.5. The molecule has 0 bridgehead atoms. The molecule has 0 spiro atoms. The molecule has 0 aliphatic carbocycles. The molecule has 2 rings (SSSR count). The van der Waals surface area contributed by atoms with Crippen molar-refractivity contribution >= 4 is 54.8 Å². The largest absolute Gasteiger partial charge is 0.149 e. The Labute approximate surface area is 140 Å². The number of alkyl halides is 2. The minimum absolute atomic E-state index is 0.0922. The Hall–Kier alpha value is 0.170. The molecule has 1 aromatic heterocycles. The number of aryl methyl sites for hydroxylation is 1. The molecule has 0 saturated carbocycles. The Morgan fingerprint density at radius 2 is 1.89 bits per heavy atom. The minimum atomic E-state index is 0.0922. The summed E-state index contributed by atoms with van der Waals surface area (Å²) in [5.74, 6) is 0. The van der Waals surface area contributed by atoms with Gasteiger partial charge in [0.25, 0.3) is 0 Å². The maximum absolute atomic E-state index is 6.14. The predicted octanol–water partition coefficient (Wildman–Crippen LogP) is 6.06. The van der Waals surface area contributed by atoms with Crippen LogP contribution in [0.4, 0.5) is 0 Å². The zero-order valence-corrected chi connectivity index (χ0v) is 15.2. The lowest BCUT2D eigenvalue weighted by atomic mass is 9.80. The van der Waals surface area contributed by atoms with Gasteiger partial charge in [0.1, 0.15) is 0 Å². The maximum Gasteiger partial charge on any atom is 0.0408 e. The van der Waals surface area contributed by atoms with Crippen LogP contribution in [0.15, 0.2) is 41.8 Å². The summed E-state index contributed by atoms with van der Waals surface area (Å²) in [6.07, 6.45) is 2.20. The molecule has 1 aromatic carbocycles. The molecule has 0 aliphatic rings. The van der Waals surface area contributed by atoms with Crippen LogP contribution in [0.2, 0.25) is 5.02 Å². The fourth-order valence-corrected chi connectivity index (χ4v) is 5.14. The highest BCUT2D eigenvalue weighted by molar-refractivity contribution is 9.09. The highest BCUT2D eigenvalue weighted by Crippen LogP contribution is 2.35. The quantitative estimate of drug-likeness (QED) is 0.496. The molecule has 0 atom stereocenters. The number of halogens is 3. The minimum Gasteiger partial charge on any atom is -0.149 e. The second kappa shape index (κ2) is 7.26. The Morgan fingerprint density at radius 1 is 1.11 bits per heavy atom. The Morgan fingerprint density at radius 3 is 2.47 bits per heavy atom. The molecule has 0 amide bonds. The van der Waals surface area contributed by atoms with Gasteiger partial charge in [0, 0.05) is 26.0 Å².